The van der Waals surface area contributed by atoms with E-state index in [-0.39, 0.29) is 0 Å². The lowest BCUT2D eigenvalue weighted by Gasteiger charge is -1.96. The summed E-state index contributed by atoms with van der Waals surface area (Å²) in [6.07, 6.45) is 2.01. The van der Waals surface area contributed by atoms with E-state index in [1.54, 1.807) is 22.7 Å². The number of fused-ring (bicyclic) bond motifs is 2. The molecule has 0 fully saturated rings. The summed E-state index contributed by atoms with van der Waals surface area (Å²) in [6, 6.07) is 18.2. The van der Waals surface area contributed by atoms with E-state index in [4.69, 9.17) is 34.4 Å². The lowest BCUT2D eigenvalue weighted by atomic mass is 10.1. The smallest absolute Gasteiger partial charge is 0.155 e. The second-order valence-corrected chi connectivity index (χ2v) is 8.61. The van der Waals surface area contributed by atoms with Gasteiger partial charge in [-0.25, -0.2) is 9.97 Å². The molecule has 5 rings (SSSR count). The second-order valence-electron chi connectivity index (χ2n) is 5.81. The Labute approximate surface area is 168 Å². The molecule has 1 aliphatic rings. The Balaban J connectivity index is 1.53. The van der Waals surface area contributed by atoms with Crippen molar-refractivity contribution in [2.24, 2.45) is 0 Å². The first-order valence-corrected chi connectivity index (χ1v) is 10.4. The van der Waals surface area contributed by atoms with Crippen LogP contribution in [0.25, 0.3) is 26.3 Å². The van der Waals surface area contributed by atoms with Crippen LogP contribution in [0.2, 0.25) is 0 Å². The summed E-state index contributed by atoms with van der Waals surface area (Å²) in [5.41, 5.74) is 4.13. The molecule has 4 aromatic rings. The summed E-state index contributed by atoms with van der Waals surface area (Å²) >= 11 is 14.4. The first kappa shape index (κ1) is 16.1. The highest BCUT2D eigenvalue weighted by Gasteiger charge is 2.26. The van der Waals surface area contributed by atoms with E-state index in [9.17, 15) is 0 Å². The van der Waals surface area contributed by atoms with Crippen molar-refractivity contribution in [1.29, 1.82) is 0 Å². The molecule has 0 saturated carbocycles. The van der Waals surface area contributed by atoms with Crippen LogP contribution in [0.4, 0.5) is 0 Å². The monoisotopic (exact) mass is 406 g/mol. The summed E-state index contributed by atoms with van der Waals surface area (Å²) < 4.78 is 0. The van der Waals surface area contributed by atoms with Crippen LogP contribution >= 0.6 is 47.1 Å². The van der Waals surface area contributed by atoms with Crippen LogP contribution in [0.1, 0.15) is 16.1 Å². The van der Waals surface area contributed by atoms with Crippen molar-refractivity contribution in [3.05, 3.63) is 76.3 Å². The minimum absolute atomic E-state index is 0.807. The molecule has 1 aliphatic carbocycles. The standard InChI is InChI=1S/C20H10N2S4/c23-16-12-8-4-5-9-13(12)17(24)14(16)10-15-21-19-20(25-15)22-18(26-19)11-6-2-1-3-7-11/h1-10H. The molecular weight excluding hydrogens is 397 g/mol. The van der Waals surface area contributed by atoms with Gasteiger partial charge in [0.2, 0.25) is 0 Å². The Bertz CT molecular complexity index is 1150. The van der Waals surface area contributed by atoms with Gasteiger partial charge in [0.1, 0.15) is 10.0 Å². The average Bonchev–Trinajstić information content (AvgIpc) is 3.30. The third kappa shape index (κ3) is 2.57. The maximum absolute atomic E-state index is 5.62. The second kappa shape index (κ2) is 6.25. The minimum atomic E-state index is 0.807. The van der Waals surface area contributed by atoms with E-state index in [1.165, 1.54) is 0 Å². The van der Waals surface area contributed by atoms with Crippen LogP contribution in [0.15, 0.2) is 60.2 Å². The maximum atomic E-state index is 5.62. The van der Waals surface area contributed by atoms with Gasteiger partial charge in [0, 0.05) is 22.3 Å². The Kier molecular flexibility index (Phi) is 3.86. The number of aromatic nitrogens is 2. The molecule has 0 bridgehead atoms. The predicted molar refractivity (Wildman–Crippen MR) is 119 cm³/mol. The molecule has 2 aromatic heterocycles. The SMILES string of the molecule is S=C1C(=Cc2nc3sc(-c4ccccc4)nc3s2)C(=S)c2ccccc21. The van der Waals surface area contributed by atoms with Crippen molar-refractivity contribution >= 4 is 72.6 Å². The topological polar surface area (TPSA) is 25.8 Å². The Morgan fingerprint density at radius 2 is 1.35 bits per heavy atom. The molecule has 0 N–H and O–H groups in total. The molecule has 26 heavy (non-hydrogen) atoms. The fourth-order valence-electron chi connectivity index (χ4n) is 2.95. The van der Waals surface area contributed by atoms with Gasteiger partial charge in [-0.05, 0) is 6.08 Å². The number of nitrogens with zero attached hydrogens (tertiary/aromatic N) is 2. The lowest BCUT2D eigenvalue weighted by molar-refractivity contribution is 1.48. The Hall–Kier alpha value is -2.12. The van der Waals surface area contributed by atoms with Crippen molar-refractivity contribution < 1.29 is 0 Å². The molecule has 0 spiro atoms. The first-order valence-electron chi connectivity index (χ1n) is 7.93. The number of thiocarbonyl (C=S) groups is 2. The van der Waals surface area contributed by atoms with Crippen LogP contribution < -0.4 is 0 Å². The van der Waals surface area contributed by atoms with Crippen LogP contribution in [0, 0.1) is 0 Å². The molecule has 0 radical (unpaired) electrons. The van der Waals surface area contributed by atoms with Gasteiger partial charge in [0.25, 0.3) is 0 Å². The van der Waals surface area contributed by atoms with Gasteiger partial charge in [0.05, 0.1) is 9.73 Å². The van der Waals surface area contributed by atoms with Gasteiger partial charge in [0.15, 0.2) is 9.66 Å². The molecule has 0 saturated heterocycles. The zero-order valence-electron chi connectivity index (χ0n) is 13.3. The first-order chi connectivity index (χ1) is 12.7. The summed E-state index contributed by atoms with van der Waals surface area (Å²) in [4.78, 5) is 13.0. The Morgan fingerprint density at radius 3 is 2.00 bits per heavy atom. The number of benzene rings is 2. The zero-order chi connectivity index (χ0) is 17.7. The average molecular weight is 407 g/mol. The van der Waals surface area contributed by atoms with Gasteiger partial charge >= 0.3 is 0 Å². The van der Waals surface area contributed by atoms with Gasteiger partial charge < -0.3 is 0 Å². The van der Waals surface area contributed by atoms with E-state index < -0.39 is 0 Å². The summed E-state index contributed by atoms with van der Waals surface area (Å²) in [5.74, 6) is 0. The number of allylic oxidation sites excluding steroid dienone is 1. The van der Waals surface area contributed by atoms with E-state index in [0.717, 1.165) is 51.7 Å². The van der Waals surface area contributed by atoms with E-state index in [2.05, 4.69) is 12.1 Å². The fraction of sp³-hybridized carbons (Fsp3) is 0. The molecular formula is C20H10N2S4. The molecule has 2 heterocycles. The third-order valence-corrected chi connectivity index (χ3v) is 7.09. The van der Waals surface area contributed by atoms with Crippen molar-refractivity contribution in [3.63, 3.8) is 0 Å². The molecule has 0 amide bonds. The Morgan fingerprint density at radius 1 is 0.731 bits per heavy atom. The third-order valence-electron chi connectivity index (χ3n) is 4.19. The number of hydrogen-bond acceptors (Lipinski definition) is 6. The molecule has 6 heteroatoms. The lowest BCUT2D eigenvalue weighted by Crippen LogP contribution is -1.97. The van der Waals surface area contributed by atoms with E-state index in [0.29, 0.717) is 0 Å². The predicted octanol–water partition coefficient (Wildman–Crippen LogP) is 5.95. The highest BCUT2D eigenvalue weighted by atomic mass is 32.1. The van der Waals surface area contributed by atoms with Crippen molar-refractivity contribution in [2.45, 2.75) is 0 Å². The molecule has 2 aromatic carbocycles. The quantitative estimate of drug-likeness (QED) is 0.303. The van der Waals surface area contributed by atoms with Crippen molar-refractivity contribution in [3.8, 4) is 10.6 Å². The van der Waals surface area contributed by atoms with E-state index in [1.807, 2.05) is 48.5 Å². The van der Waals surface area contributed by atoms with Crippen LogP contribution in [-0.2, 0) is 0 Å². The zero-order valence-corrected chi connectivity index (χ0v) is 16.6. The van der Waals surface area contributed by atoms with Crippen molar-refractivity contribution in [2.75, 3.05) is 0 Å². The summed E-state index contributed by atoms with van der Waals surface area (Å²) in [7, 11) is 0. The van der Waals surface area contributed by atoms with Gasteiger partial charge in [-0.2, -0.15) is 0 Å². The van der Waals surface area contributed by atoms with Gasteiger partial charge in [-0.3, -0.25) is 0 Å². The molecule has 2 nitrogen and oxygen atoms in total. The van der Waals surface area contributed by atoms with E-state index >= 15 is 0 Å². The normalized spacial score (nSPS) is 13.5. The fourth-order valence-corrected chi connectivity index (χ4v) is 5.69. The maximum Gasteiger partial charge on any atom is 0.155 e. The molecule has 0 unspecified atom stereocenters. The number of hydrogen-bond donors (Lipinski definition) is 0. The molecule has 124 valence electrons. The van der Waals surface area contributed by atoms with Gasteiger partial charge in [-0.1, -0.05) is 102 Å². The molecule has 0 aliphatic heterocycles. The minimum Gasteiger partial charge on any atom is -0.224 e. The number of rotatable bonds is 2. The highest BCUT2D eigenvalue weighted by Crippen LogP contribution is 2.35. The van der Waals surface area contributed by atoms with Crippen molar-refractivity contribution in [1.82, 2.24) is 9.97 Å². The summed E-state index contributed by atoms with van der Waals surface area (Å²) in [6.45, 7) is 0. The van der Waals surface area contributed by atoms with Crippen LogP contribution in [0.5, 0.6) is 0 Å². The molecule has 0 atom stereocenters. The highest BCUT2D eigenvalue weighted by molar-refractivity contribution is 7.84. The number of thiazole rings is 2. The van der Waals surface area contributed by atoms with Gasteiger partial charge in [-0.15, -0.1) is 0 Å². The largest absolute Gasteiger partial charge is 0.224 e. The van der Waals surface area contributed by atoms with Crippen LogP contribution in [-0.4, -0.2) is 19.7 Å². The van der Waals surface area contributed by atoms with Crippen LogP contribution in [0.3, 0.4) is 0 Å². The summed E-state index contributed by atoms with van der Waals surface area (Å²) in [5, 5.41) is 1.89.